The molecule has 3 N–H and O–H groups in total. The number of amides is 1. The fourth-order valence-corrected chi connectivity index (χ4v) is 1.81. The molecule has 0 unspecified atom stereocenters. The Morgan fingerprint density at radius 2 is 2.35 bits per heavy atom. The summed E-state index contributed by atoms with van der Waals surface area (Å²) in [7, 11) is 0. The van der Waals surface area contributed by atoms with Crippen LogP contribution in [0.3, 0.4) is 0 Å². The molecule has 1 heterocycles. The zero-order valence-electron chi connectivity index (χ0n) is 10.6. The Kier molecular flexibility index (Phi) is 4.27. The number of nitrogen functional groups attached to an aromatic ring is 1. The van der Waals surface area contributed by atoms with Gasteiger partial charge in [-0.1, -0.05) is 6.07 Å². The van der Waals surface area contributed by atoms with E-state index in [4.69, 9.17) is 11.0 Å². The largest absolute Gasteiger partial charge is 0.382 e. The number of nitrogens with two attached hydrogens (primary N) is 1. The minimum atomic E-state index is -0.188. The highest BCUT2D eigenvalue weighted by Gasteiger charge is 2.11. The smallest absolute Gasteiger partial charge is 0.251 e. The maximum absolute atomic E-state index is 11.9. The van der Waals surface area contributed by atoms with Crippen molar-refractivity contribution in [2.75, 3.05) is 18.0 Å². The Morgan fingerprint density at radius 3 is 3.00 bits per heavy atom. The summed E-state index contributed by atoms with van der Waals surface area (Å²) in [5.74, 6) is 0.635. The number of benzene rings is 1. The maximum atomic E-state index is 11.9. The number of nitrogens with zero attached hydrogens (tertiary/aromatic N) is 3. The Labute approximate surface area is 121 Å². The van der Waals surface area contributed by atoms with Gasteiger partial charge in [-0.25, -0.2) is 4.68 Å². The molecule has 0 fully saturated rings. The molecule has 0 aliphatic rings. The van der Waals surface area contributed by atoms with Crippen molar-refractivity contribution in [3.63, 3.8) is 0 Å². The van der Waals surface area contributed by atoms with E-state index in [1.165, 1.54) is 10.9 Å². The molecule has 0 bridgehead atoms. The molecule has 7 heteroatoms. The lowest BCUT2D eigenvalue weighted by molar-refractivity contribution is 0.0956. The quantitative estimate of drug-likeness (QED) is 0.730. The molecule has 20 heavy (non-hydrogen) atoms. The number of hydrogen-bond acceptors (Lipinski definition) is 5. The summed E-state index contributed by atoms with van der Waals surface area (Å²) >= 11 is 4.04. The van der Waals surface area contributed by atoms with Crippen molar-refractivity contribution in [3.05, 3.63) is 41.6 Å². The number of carbonyl (C=O) groups excluding carboxylic acids is 1. The summed E-state index contributed by atoms with van der Waals surface area (Å²) in [4.78, 5) is 11.9. The first-order valence-corrected chi connectivity index (χ1v) is 6.53. The van der Waals surface area contributed by atoms with Crippen LogP contribution in [0, 0.1) is 11.3 Å². The van der Waals surface area contributed by atoms with Crippen LogP contribution >= 0.6 is 12.6 Å². The lowest BCUT2D eigenvalue weighted by atomic mass is 10.2. The van der Waals surface area contributed by atoms with Crippen molar-refractivity contribution in [2.45, 2.75) is 0 Å². The average Bonchev–Trinajstić information content (AvgIpc) is 2.85. The second kappa shape index (κ2) is 6.12. The summed E-state index contributed by atoms with van der Waals surface area (Å²) in [5, 5.41) is 15.6. The molecule has 0 saturated heterocycles. The molecule has 1 amide bonds. The van der Waals surface area contributed by atoms with E-state index in [0.29, 0.717) is 29.1 Å². The zero-order chi connectivity index (χ0) is 14.5. The van der Waals surface area contributed by atoms with Gasteiger partial charge in [0.25, 0.3) is 5.91 Å². The molecule has 1 aromatic heterocycles. The van der Waals surface area contributed by atoms with Crippen LogP contribution in [0.2, 0.25) is 0 Å². The van der Waals surface area contributed by atoms with Gasteiger partial charge < -0.3 is 11.1 Å². The molecule has 0 aliphatic heterocycles. The van der Waals surface area contributed by atoms with E-state index in [1.807, 2.05) is 6.07 Å². The maximum Gasteiger partial charge on any atom is 0.251 e. The second-order valence-corrected chi connectivity index (χ2v) is 4.44. The highest BCUT2D eigenvalue weighted by Crippen LogP contribution is 2.17. The highest BCUT2D eigenvalue weighted by molar-refractivity contribution is 7.80. The van der Waals surface area contributed by atoms with Crippen molar-refractivity contribution in [3.8, 4) is 11.8 Å². The number of carbonyl (C=O) groups is 1. The Bertz CT molecular complexity index is 674. The van der Waals surface area contributed by atoms with Crippen molar-refractivity contribution >= 4 is 24.4 Å². The first-order valence-electron chi connectivity index (χ1n) is 5.90. The molecular weight excluding hydrogens is 274 g/mol. The standard InChI is InChI=1S/C13H13N5OS/c14-7-10-8-17-18(12(10)15)11-3-1-2-9(6-11)13(19)16-4-5-20/h1-3,6,8,20H,4-5,15H2,(H,16,19). The molecule has 0 spiro atoms. The lowest BCUT2D eigenvalue weighted by Crippen LogP contribution is -2.25. The number of nitrogens with one attached hydrogen (secondary N) is 1. The van der Waals surface area contributed by atoms with Crippen LogP contribution in [-0.2, 0) is 0 Å². The number of rotatable bonds is 4. The van der Waals surface area contributed by atoms with Gasteiger partial charge in [0.15, 0.2) is 0 Å². The van der Waals surface area contributed by atoms with E-state index in [0.717, 1.165) is 0 Å². The van der Waals surface area contributed by atoms with Gasteiger partial charge in [-0.2, -0.15) is 23.0 Å². The third-order valence-electron chi connectivity index (χ3n) is 2.68. The van der Waals surface area contributed by atoms with Gasteiger partial charge in [0.1, 0.15) is 17.5 Å². The van der Waals surface area contributed by atoms with E-state index in [9.17, 15) is 4.79 Å². The van der Waals surface area contributed by atoms with Crippen molar-refractivity contribution in [1.82, 2.24) is 15.1 Å². The Morgan fingerprint density at radius 1 is 1.55 bits per heavy atom. The zero-order valence-corrected chi connectivity index (χ0v) is 11.5. The molecule has 102 valence electrons. The van der Waals surface area contributed by atoms with Crippen LogP contribution in [0.15, 0.2) is 30.5 Å². The number of aromatic nitrogens is 2. The van der Waals surface area contributed by atoms with Gasteiger partial charge in [0.05, 0.1) is 11.9 Å². The Balaban J connectivity index is 2.32. The molecule has 0 radical (unpaired) electrons. The monoisotopic (exact) mass is 287 g/mol. The predicted octanol–water partition coefficient (Wildman–Crippen LogP) is 0.986. The van der Waals surface area contributed by atoms with E-state index >= 15 is 0 Å². The van der Waals surface area contributed by atoms with E-state index in [-0.39, 0.29) is 11.7 Å². The molecule has 2 rings (SSSR count). The minimum Gasteiger partial charge on any atom is -0.382 e. The average molecular weight is 287 g/mol. The topological polar surface area (TPSA) is 96.7 Å². The van der Waals surface area contributed by atoms with Crippen LogP contribution in [0.5, 0.6) is 0 Å². The number of nitriles is 1. The van der Waals surface area contributed by atoms with E-state index < -0.39 is 0 Å². The van der Waals surface area contributed by atoms with Crippen LogP contribution in [0.1, 0.15) is 15.9 Å². The fraction of sp³-hybridized carbons (Fsp3) is 0.154. The van der Waals surface area contributed by atoms with E-state index in [2.05, 4.69) is 23.0 Å². The van der Waals surface area contributed by atoms with Crippen LogP contribution in [0.25, 0.3) is 5.69 Å². The number of anilines is 1. The summed E-state index contributed by atoms with van der Waals surface area (Å²) in [6, 6.07) is 8.81. The summed E-state index contributed by atoms with van der Waals surface area (Å²) in [6.45, 7) is 0.495. The molecule has 0 aliphatic carbocycles. The summed E-state index contributed by atoms with van der Waals surface area (Å²) in [6.07, 6.45) is 1.39. The highest BCUT2D eigenvalue weighted by atomic mass is 32.1. The molecule has 2 aromatic rings. The Hall–Kier alpha value is -2.46. The van der Waals surface area contributed by atoms with Crippen molar-refractivity contribution in [1.29, 1.82) is 5.26 Å². The summed E-state index contributed by atoms with van der Waals surface area (Å²) in [5.41, 5.74) is 7.25. The third kappa shape index (κ3) is 2.75. The molecule has 0 saturated carbocycles. The predicted molar refractivity (Wildman–Crippen MR) is 78.9 cm³/mol. The molecule has 1 aromatic carbocycles. The first-order chi connectivity index (χ1) is 9.67. The van der Waals surface area contributed by atoms with Gasteiger partial charge in [-0.3, -0.25) is 4.79 Å². The van der Waals surface area contributed by atoms with Gasteiger partial charge in [0, 0.05) is 17.9 Å². The SMILES string of the molecule is N#Cc1cnn(-c2cccc(C(=O)NCCS)c2)c1N. The number of hydrogen-bond donors (Lipinski definition) is 3. The van der Waals surface area contributed by atoms with Gasteiger partial charge in [-0.05, 0) is 18.2 Å². The lowest BCUT2D eigenvalue weighted by Gasteiger charge is -2.07. The fourth-order valence-electron chi connectivity index (χ4n) is 1.70. The summed E-state index contributed by atoms with van der Waals surface area (Å²) < 4.78 is 1.42. The van der Waals surface area contributed by atoms with Crippen molar-refractivity contribution < 1.29 is 4.79 Å². The normalized spacial score (nSPS) is 10.0. The molecule has 6 nitrogen and oxygen atoms in total. The molecule has 0 atom stereocenters. The third-order valence-corrected chi connectivity index (χ3v) is 2.90. The van der Waals surface area contributed by atoms with Crippen LogP contribution < -0.4 is 11.1 Å². The van der Waals surface area contributed by atoms with E-state index in [1.54, 1.807) is 24.3 Å². The van der Waals surface area contributed by atoms with Gasteiger partial charge in [-0.15, -0.1) is 0 Å². The van der Waals surface area contributed by atoms with Crippen molar-refractivity contribution in [2.24, 2.45) is 0 Å². The number of thiol groups is 1. The van der Waals surface area contributed by atoms with Crippen LogP contribution in [-0.4, -0.2) is 28.0 Å². The second-order valence-electron chi connectivity index (χ2n) is 4.00. The minimum absolute atomic E-state index is 0.188. The first kappa shape index (κ1) is 14.0. The van der Waals surface area contributed by atoms with Gasteiger partial charge >= 0.3 is 0 Å². The molecular formula is C13H13N5OS. The van der Waals surface area contributed by atoms with Crippen LogP contribution in [0.4, 0.5) is 5.82 Å². The van der Waals surface area contributed by atoms with Gasteiger partial charge in [0.2, 0.25) is 0 Å².